The van der Waals surface area contributed by atoms with E-state index >= 15 is 0 Å². The highest BCUT2D eigenvalue weighted by Crippen LogP contribution is 2.13. The summed E-state index contributed by atoms with van der Waals surface area (Å²) in [6.07, 6.45) is 0.927. The first-order valence-corrected chi connectivity index (χ1v) is 7.85. The van der Waals surface area contributed by atoms with Crippen molar-refractivity contribution in [2.45, 2.75) is 13.0 Å². The lowest BCUT2D eigenvalue weighted by Gasteiger charge is -2.21. The Morgan fingerprint density at radius 2 is 2.10 bits per heavy atom. The van der Waals surface area contributed by atoms with Gasteiger partial charge in [0.25, 0.3) is 0 Å². The Kier molecular flexibility index (Phi) is 6.16. The van der Waals surface area contributed by atoms with Gasteiger partial charge < -0.3 is 14.7 Å². The molecule has 1 amide bonds. The Bertz CT molecular complexity index is 464. The minimum absolute atomic E-state index is 0.130. The van der Waals surface area contributed by atoms with Crippen LogP contribution in [0.3, 0.4) is 0 Å². The van der Waals surface area contributed by atoms with Gasteiger partial charge in [-0.05, 0) is 17.9 Å². The fraction of sp³-hybridized carbons (Fsp3) is 0.571. The SMILES string of the molecule is O=C(O)COCC(=O)N1CCCN(Cc2cccs2)CC1. The van der Waals surface area contributed by atoms with Gasteiger partial charge in [0.15, 0.2) is 0 Å². The van der Waals surface area contributed by atoms with E-state index in [1.165, 1.54) is 4.88 Å². The molecular weight excluding hydrogens is 292 g/mol. The van der Waals surface area contributed by atoms with Gasteiger partial charge >= 0.3 is 5.97 Å². The van der Waals surface area contributed by atoms with E-state index in [4.69, 9.17) is 9.84 Å². The predicted molar refractivity (Wildman–Crippen MR) is 79.2 cm³/mol. The summed E-state index contributed by atoms with van der Waals surface area (Å²) in [5.74, 6) is -1.19. The molecule has 0 radical (unpaired) electrons. The van der Waals surface area contributed by atoms with Crippen molar-refractivity contribution in [2.24, 2.45) is 0 Å². The number of ether oxygens (including phenoxy) is 1. The van der Waals surface area contributed by atoms with Crippen molar-refractivity contribution in [3.63, 3.8) is 0 Å². The number of carbonyl (C=O) groups excluding carboxylic acids is 1. The van der Waals surface area contributed by atoms with E-state index in [2.05, 4.69) is 16.3 Å². The minimum Gasteiger partial charge on any atom is -0.480 e. The van der Waals surface area contributed by atoms with Crippen LogP contribution in [-0.4, -0.2) is 66.2 Å². The molecule has 1 aliphatic heterocycles. The molecule has 0 spiro atoms. The molecule has 0 bridgehead atoms. The monoisotopic (exact) mass is 312 g/mol. The quantitative estimate of drug-likeness (QED) is 0.844. The first kappa shape index (κ1) is 15.9. The van der Waals surface area contributed by atoms with E-state index < -0.39 is 12.6 Å². The number of carboxylic acid groups (broad SMARTS) is 1. The summed E-state index contributed by atoms with van der Waals surface area (Å²) in [5, 5.41) is 10.6. The molecule has 116 valence electrons. The summed E-state index contributed by atoms with van der Waals surface area (Å²) in [7, 11) is 0. The Morgan fingerprint density at radius 1 is 1.24 bits per heavy atom. The Balaban J connectivity index is 1.74. The zero-order valence-electron chi connectivity index (χ0n) is 11.9. The summed E-state index contributed by atoms with van der Waals surface area (Å²) < 4.78 is 4.86. The largest absolute Gasteiger partial charge is 0.480 e. The number of carbonyl (C=O) groups is 2. The maximum atomic E-state index is 11.9. The van der Waals surface area contributed by atoms with Crippen molar-refractivity contribution in [1.29, 1.82) is 0 Å². The fourth-order valence-electron chi connectivity index (χ4n) is 2.32. The Morgan fingerprint density at radius 3 is 2.81 bits per heavy atom. The van der Waals surface area contributed by atoms with Crippen LogP contribution in [0.2, 0.25) is 0 Å². The van der Waals surface area contributed by atoms with Gasteiger partial charge in [-0.1, -0.05) is 6.07 Å². The van der Waals surface area contributed by atoms with Crippen molar-refractivity contribution >= 4 is 23.2 Å². The topological polar surface area (TPSA) is 70.1 Å². The lowest BCUT2D eigenvalue weighted by atomic mass is 10.3. The average Bonchev–Trinajstić information content (AvgIpc) is 2.83. The molecule has 1 N–H and O–H groups in total. The molecule has 1 fully saturated rings. The fourth-order valence-corrected chi connectivity index (χ4v) is 3.06. The van der Waals surface area contributed by atoms with Crippen LogP contribution in [0.1, 0.15) is 11.3 Å². The highest BCUT2D eigenvalue weighted by Gasteiger charge is 2.19. The highest BCUT2D eigenvalue weighted by atomic mass is 32.1. The van der Waals surface area contributed by atoms with Crippen LogP contribution in [0.4, 0.5) is 0 Å². The summed E-state index contributed by atoms with van der Waals surface area (Å²) in [5.41, 5.74) is 0. The second-order valence-corrected chi connectivity index (χ2v) is 6.01. The van der Waals surface area contributed by atoms with Gasteiger partial charge in [-0.15, -0.1) is 11.3 Å². The first-order valence-electron chi connectivity index (χ1n) is 6.97. The van der Waals surface area contributed by atoms with Crippen LogP contribution in [-0.2, 0) is 20.9 Å². The number of aliphatic carboxylic acids is 1. The third kappa shape index (κ3) is 5.45. The average molecular weight is 312 g/mol. The Hall–Kier alpha value is -1.44. The molecule has 21 heavy (non-hydrogen) atoms. The molecule has 1 saturated heterocycles. The normalized spacial score (nSPS) is 16.7. The molecule has 0 aromatic carbocycles. The van der Waals surface area contributed by atoms with E-state index in [1.54, 1.807) is 16.2 Å². The van der Waals surface area contributed by atoms with E-state index in [9.17, 15) is 9.59 Å². The van der Waals surface area contributed by atoms with Gasteiger partial charge in [-0.25, -0.2) is 4.79 Å². The molecule has 1 aromatic heterocycles. The number of amides is 1. The summed E-state index contributed by atoms with van der Waals surface area (Å²) in [6.45, 7) is 3.52. The molecule has 6 nitrogen and oxygen atoms in total. The van der Waals surface area contributed by atoms with Crippen LogP contribution in [0.25, 0.3) is 0 Å². The molecule has 0 aliphatic carbocycles. The molecule has 0 unspecified atom stereocenters. The number of thiophene rings is 1. The third-order valence-electron chi connectivity index (χ3n) is 3.35. The molecular formula is C14H20N2O4S. The van der Waals surface area contributed by atoms with Crippen molar-refractivity contribution in [2.75, 3.05) is 39.4 Å². The third-order valence-corrected chi connectivity index (χ3v) is 4.21. The molecule has 0 atom stereocenters. The Labute approximate surface area is 127 Å². The van der Waals surface area contributed by atoms with Crippen LogP contribution >= 0.6 is 11.3 Å². The van der Waals surface area contributed by atoms with Gasteiger partial charge in [-0.2, -0.15) is 0 Å². The van der Waals surface area contributed by atoms with Gasteiger partial charge in [0.1, 0.15) is 13.2 Å². The lowest BCUT2D eigenvalue weighted by Crippen LogP contribution is -2.37. The van der Waals surface area contributed by atoms with E-state index in [-0.39, 0.29) is 12.5 Å². The van der Waals surface area contributed by atoms with E-state index in [1.807, 2.05) is 6.07 Å². The standard InChI is InChI=1S/C14H20N2O4S/c17-13(10-20-11-14(18)19)16-5-2-4-15(6-7-16)9-12-3-1-8-21-12/h1,3,8H,2,4-7,9-11H2,(H,18,19). The van der Waals surface area contributed by atoms with Crippen LogP contribution in [0, 0.1) is 0 Å². The summed E-state index contributed by atoms with van der Waals surface area (Å²) in [4.78, 5) is 27.7. The number of nitrogens with zero attached hydrogens (tertiary/aromatic N) is 2. The van der Waals surface area contributed by atoms with Crippen molar-refractivity contribution < 1.29 is 19.4 Å². The predicted octanol–water partition coefficient (Wildman–Crippen LogP) is 0.884. The second kappa shape index (κ2) is 8.11. The molecule has 1 aliphatic rings. The van der Waals surface area contributed by atoms with Gasteiger partial charge in [0.05, 0.1) is 0 Å². The van der Waals surface area contributed by atoms with Crippen LogP contribution in [0.5, 0.6) is 0 Å². The van der Waals surface area contributed by atoms with Gasteiger partial charge in [0.2, 0.25) is 5.91 Å². The van der Waals surface area contributed by atoms with Gasteiger partial charge in [0, 0.05) is 37.6 Å². The maximum Gasteiger partial charge on any atom is 0.329 e. The number of carboxylic acids is 1. The van der Waals surface area contributed by atoms with Gasteiger partial charge in [-0.3, -0.25) is 9.69 Å². The van der Waals surface area contributed by atoms with Crippen LogP contribution < -0.4 is 0 Å². The molecule has 7 heteroatoms. The second-order valence-electron chi connectivity index (χ2n) is 4.98. The summed E-state index contributed by atoms with van der Waals surface area (Å²) >= 11 is 1.75. The van der Waals surface area contributed by atoms with Crippen LogP contribution in [0.15, 0.2) is 17.5 Å². The molecule has 0 saturated carbocycles. The molecule has 2 heterocycles. The zero-order valence-corrected chi connectivity index (χ0v) is 12.7. The molecule has 2 rings (SSSR count). The van der Waals surface area contributed by atoms with Crippen molar-refractivity contribution in [3.8, 4) is 0 Å². The van der Waals surface area contributed by atoms with E-state index in [0.29, 0.717) is 13.1 Å². The number of hydrogen-bond donors (Lipinski definition) is 1. The van der Waals surface area contributed by atoms with E-state index in [0.717, 1.165) is 26.1 Å². The minimum atomic E-state index is -1.05. The highest BCUT2D eigenvalue weighted by molar-refractivity contribution is 7.09. The number of hydrogen-bond acceptors (Lipinski definition) is 5. The number of rotatable bonds is 6. The van der Waals surface area contributed by atoms with Crippen molar-refractivity contribution in [1.82, 2.24) is 9.80 Å². The smallest absolute Gasteiger partial charge is 0.329 e. The first-order chi connectivity index (χ1) is 10.1. The van der Waals surface area contributed by atoms with Crippen molar-refractivity contribution in [3.05, 3.63) is 22.4 Å². The molecule has 1 aromatic rings. The lowest BCUT2D eigenvalue weighted by molar-refractivity contribution is -0.145. The zero-order chi connectivity index (χ0) is 15.1. The summed E-state index contributed by atoms with van der Waals surface area (Å²) in [6, 6.07) is 4.17. The maximum absolute atomic E-state index is 11.9.